The van der Waals surface area contributed by atoms with Crippen molar-refractivity contribution in [1.82, 2.24) is 5.32 Å². The van der Waals surface area contributed by atoms with Crippen molar-refractivity contribution < 1.29 is 17.9 Å². The first-order chi connectivity index (χ1) is 14.9. The maximum atomic E-state index is 12.9. The molecule has 0 aliphatic carbocycles. The number of hydrogen-bond acceptors (Lipinski definition) is 4. The zero-order chi connectivity index (χ0) is 22.3. The van der Waals surface area contributed by atoms with Crippen LogP contribution in [0.1, 0.15) is 21.5 Å². The molecule has 0 spiro atoms. The summed E-state index contributed by atoms with van der Waals surface area (Å²) < 4.78 is 31.5. The molecule has 0 radical (unpaired) electrons. The molecule has 0 unspecified atom stereocenters. The van der Waals surface area contributed by atoms with Crippen molar-refractivity contribution in [3.05, 3.63) is 95.6 Å². The highest BCUT2D eigenvalue weighted by molar-refractivity contribution is 7.92. The van der Waals surface area contributed by atoms with E-state index in [1.165, 1.54) is 4.31 Å². The molecule has 6 nitrogen and oxygen atoms in total. The molecule has 1 N–H and O–H groups in total. The monoisotopic (exact) mass is 438 g/mol. The second-order valence-electron chi connectivity index (χ2n) is 7.13. The number of ether oxygens (including phenoxy) is 1. The number of amides is 1. The van der Waals surface area contributed by atoms with Gasteiger partial charge in [-0.3, -0.25) is 9.10 Å². The standard InChI is InChI=1S/C24H26N2O4S/c1-30-21-14-12-19(13-15-21)16-17-25-24(27)22-10-6-7-11-23(22)26(31(2,28)29)18-20-8-4-3-5-9-20/h3-15H,16-18H2,1-2H3,(H,25,27). The summed E-state index contributed by atoms with van der Waals surface area (Å²) in [5.41, 5.74) is 2.58. The number of hydrogen-bond donors (Lipinski definition) is 1. The summed E-state index contributed by atoms with van der Waals surface area (Å²) in [6.45, 7) is 0.576. The molecule has 0 saturated carbocycles. The van der Waals surface area contributed by atoms with Gasteiger partial charge in [-0.05, 0) is 41.8 Å². The Bertz CT molecular complexity index is 1110. The van der Waals surface area contributed by atoms with Crippen LogP contribution in [0.5, 0.6) is 5.75 Å². The highest BCUT2D eigenvalue weighted by atomic mass is 32.2. The first-order valence-corrected chi connectivity index (χ1v) is 11.7. The average Bonchev–Trinajstić information content (AvgIpc) is 2.78. The van der Waals surface area contributed by atoms with Crippen LogP contribution in [0.25, 0.3) is 0 Å². The van der Waals surface area contributed by atoms with E-state index in [0.717, 1.165) is 23.1 Å². The number of anilines is 1. The van der Waals surface area contributed by atoms with E-state index < -0.39 is 10.0 Å². The smallest absolute Gasteiger partial charge is 0.253 e. The zero-order valence-corrected chi connectivity index (χ0v) is 18.4. The Morgan fingerprint density at radius 2 is 1.55 bits per heavy atom. The topological polar surface area (TPSA) is 75.7 Å². The molecule has 7 heteroatoms. The molecule has 31 heavy (non-hydrogen) atoms. The van der Waals surface area contributed by atoms with Gasteiger partial charge in [-0.1, -0.05) is 54.6 Å². The first kappa shape index (κ1) is 22.4. The highest BCUT2D eigenvalue weighted by Gasteiger charge is 2.23. The summed E-state index contributed by atoms with van der Waals surface area (Å²) in [5, 5.41) is 2.89. The van der Waals surface area contributed by atoms with E-state index in [-0.39, 0.29) is 12.5 Å². The number of methoxy groups -OCH3 is 1. The predicted molar refractivity (Wildman–Crippen MR) is 123 cm³/mol. The third kappa shape index (κ3) is 6.08. The normalized spacial score (nSPS) is 11.0. The summed E-state index contributed by atoms with van der Waals surface area (Å²) in [7, 11) is -1.99. The van der Waals surface area contributed by atoms with Crippen LogP contribution in [0.15, 0.2) is 78.9 Å². The van der Waals surface area contributed by atoms with Crippen molar-refractivity contribution in [3.8, 4) is 5.75 Å². The van der Waals surface area contributed by atoms with Crippen LogP contribution in [0.2, 0.25) is 0 Å². The minimum absolute atomic E-state index is 0.149. The van der Waals surface area contributed by atoms with Gasteiger partial charge in [0.05, 0.1) is 31.2 Å². The number of benzene rings is 3. The number of sulfonamides is 1. The molecule has 3 aromatic carbocycles. The molecular formula is C24H26N2O4S. The molecule has 3 rings (SSSR count). The molecule has 162 valence electrons. The van der Waals surface area contributed by atoms with Crippen molar-refractivity contribution in [1.29, 1.82) is 0 Å². The van der Waals surface area contributed by atoms with Crippen molar-refractivity contribution in [3.63, 3.8) is 0 Å². The van der Waals surface area contributed by atoms with Crippen molar-refractivity contribution >= 4 is 21.6 Å². The molecule has 0 heterocycles. The van der Waals surface area contributed by atoms with Gasteiger partial charge in [0.25, 0.3) is 5.91 Å². The van der Waals surface area contributed by atoms with E-state index in [1.54, 1.807) is 31.4 Å². The fourth-order valence-corrected chi connectivity index (χ4v) is 4.12. The second kappa shape index (κ2) is 10.1. The third-order valence-electron chi connectivity index (χ3n) is 4.84. The summed E-state index contributed by atoms with van der Waals surface area (Å²) in [5.74, 6) is 0.465. The van der Waals surface area contributed by atoms with E-state index in [1.807, 2.05) is 54.6 Å². The van der Waals surface area contributed by atoms with Gasteiger partial charge in [-0.2, -0.15) is 0 Å². The molecule has 3 aromatic rings. The zero-order valence-electron chi connectivity index (χ0n) is 17.6. The Labute approximate surface area is 183 Å². The predicted octanol–water partition coefficient (Wildman–Crippen LogP) is 3.63. The fraction of sp³-hybridized carbons (Fsp3) is 0.208. The Hall–Kier alpha value is -3.32. The molecule has 0 fully saturated rings. The largest absolute Gasteiger partial charge is 0.497 e. The lowest BCUT2D eigenvalue weighted by atomic mass is 10.1. The minimum atomic E-state index is -3.60. The Morgan fingerprint density at radius 1 is 0.903 bits per heavy atom. The quantitative estimate of drug-likeness (QED) is 0.554. The van der Waals surface area contributed by atoms with Crippen LogP contribution in [-0.4, -0.2) is 34.2 Å². The molecule has 0 bridgehead atoms. The van der Waals surface area contributed by atoms with Gasteiger partial charge < -0.3 is 10.1 Å². The van der Waals surface area contributed by atoms with Crippen molar-refractivity contribution in [2.75, 3.05) is 24.2 Å². The fourth-order valence-electron chi connectivity index (χ4n) is 3.22. The Balaban J connectivity index is 1.76. The van der Waals surface area contributed by atoms with Crippen LogP contribution in [0, 0.1) is 0 Å². The highest BCUT2D eigenvalue weighted by Crippen LogP contribution is 2.25. The molecular weight excluding hydrogens is 412 g/mol. The Morgan fingerprint density at radius 3 is 2.19 bits per heavy atom. The van der Waals surface area contributed by atoms with Gasteiger partial charge >= 0.3 is 0 Å². The summed E-state index contributed by atoms with van der Waals surface area (Å²) in [6, 6.07) is 23.7. The van der Waals surface area contributed by atoms with Crippen LogP contribution >= 0.6 is 0 Å². The second-order valence-corrected chi connectivity index (χ2v) is 9.03. The van der Waals surface area contributed by atoms with Gasteiger partial charge in [0.15, 0.2) is 0 Å². The average molecular weight is 439 g/mol. The van der Waals surface area contributed by atoms with Gasteiger partial charge in [0, 0.05) is 6.54 Å². The van der Waals surface area contributed by atoms with Gasteiger partial charge in [-0.15, -0.1) is 0 Å². The molecule has 1 amide bonds. The third-order valence-corrected chi connectivity index (χ3v) is 5.97. The van der Waals surface area contributed by atoms with Crippen LogP contribution < -0.4 is 14.4 Å². The van der Waals surface area contributed by atoms with Crippen LogP contribution in [0.4, 0.5) is 5.69 Å². The molecule has 0 aliphatic rings. The SMILES string of the molecule is COc1ccc(CCNC(=O)c2ccccc2N(Cc2ccccc2)S(C)(=O)=O)cc1. The number of carbonyl (C=O) groups excluding carboxylic acids is 1. The maximum Gasteiger partial charge on any atom is 0.253 e. The summed E-state index contributed by atoms with van der Waals surface area (Å²) in [6.07, 6.45) is 1.80. The molecule has 0 aliphatic heterocycles. The number of para-hydroxylation sites is 1. The molecule has 0 saturated heterocycles. The number of nitrogens with one attached hydrogen (secondary N) is 1. The van der Waals surface area contributed by atoms with Gasteiger partial charge in [0.2, 0.25) is 10.0 Å². The number of rotatable bonds is 9. The lowest BCUT2D eigenvalue weighted by molar-refractivity contribution is 0.0955. The van der Waals surface area contributed by atoms with Crippen LogP contribution in [-0.2, 0) is 23.0 Å². The van der Waals surface area contributed by atoms with E-state index in [9.17, 15) is 13.2 Å². The number of carbonyl (C=O) groups is 1. The molecule has 0 aromatic heterocycles. The number of nitrogens with zero attached hydrogens (tertiary/aromatic N) is 1. The van der Waals surface area contributed by atoms with E-state index in [2.05, 4.69) is 5.32 Å². The summed E-state index contributed by atoms with van der Waals surface area (Å²) in [4.78, 5) is 12.9. The van der Waals surface area contributed by atoms with Gasteiger partial charge in [-0.25, -0.2) is 8.42 Å². The lowest BCUT2D eigenvalue weighted by Crippen LogP contribution is -2.33. The summed E-state index contributed by atoms with van der Waals surface area (Å²) >= 11 is 0. The minimum Gasteiger partial charge on any atom is -0.497 e. The van der Waals surface area contributed by atoms with Crippen LogP contribution in [0.3, 0.4) is 0 Å². The first-order valence-electron chi connectivity index (χ1n) is 9.90. The lowest BCUT2D eigenvalue weighted by Gasteiger charge is -2.24. The van der Waals surface area contributed by atoms with Gasteiger partial charge in [0.1, 0.15) is 5.75 Å². The van der Waals surface area contributed by atoms with E-state index in [0.29, 0.717) is 24.2 Å². The molecule has 0 atom stereocenters. The van der Waals surface area contributed by atoms with Crippen molar-refractivity contribution in [2.24, 2.45) is 0 Å². The Kier molecular flexibility index (Phi) is 7.31. The van der Waals surface area contributed by atoms with Crippen molar-refractivity contribution in [2.45, 2.75) is 13.0 Å². The van der Waals surface area contributed by atoms with E-state index >= 15 is 0 Å². The van der Waals surface area contributed by atoms with E-state index in [4.69, 9.17) is 4.74 Å². The maximum absolute atomic E-state index is 12.9.